The third kappa shape index (κ3) is 3.27. The Morgan fingerprint density at radius 1 is 1.39 bits per heavy atom. The van der Waals surface area contributed by atoms with Gasteiger partial charge >= 0.3 is 0 Å². The first-order chi connectivity index (χ1) is 8.56. The Labute approximate surface area is 117 Å². The van der Waals surface area contributed by atoms with Crippen LogP contribution in [-0.2, 0) is 5.75 Å². The van der Waals surface area contributed by atoms with Crippen molar-refractivity contribution in [1.82, 2.24) is 4.98 Å². The average molecular weight is 278 g/mol. The second-order valence-electron chi connectivity index (χ2n) is 4.66. The Balaban J connectivity index is 2.02. The van der Waals surface area contributed by atoms with E-state index in [-0.39, 0.29) is 0 Å². The summed E-state index contributed by atoms with van der Waals surface area (Å²) in [4.78, 5) is 5.77. The Morgan fingerprint density at radius 3 is 2.78 bits per heavy atom. The maximum absolute atomic E-state index is 6.00. The predicted octanol–water partition coefficient (Wildman–Crippen LogP) is 4.45. The van der Waals surface area contributed by atoms with Gasteiger partial charge in [-0.1, -0.05) is 19.9 Å². The van der Waals surface area contributed by atoms with E-state index in [4.69, 9.17) is 5.73 Å². The summed E-state index contributed by atoms with van der Waals surface area (Å²) in [6.07, 6.45) is 0. The predicted molar refractivity (Wildman–Crippen MR) is 81.4 cm³/mol. The summed E-state index contributed by atoms with van der Waals surface area (Å²) in [7, 11) is 0. The Bertz CT molecular complexity index is 532. The number of thioether (sulfide) groups is 1. The standard InChI is InChI=1S/C14H18N2S2/c1-9(2)14-16-11(8-18-14)7-17-13-5-4-10(3)6-12(13)15/h4-6,8-9H,7,15H2,1-3H3. The van der Waals surface area contributed by atoms with Gasteiger partial charge in [0.15, 0.2) is 0 Å². The maximum atomic E-state index is 6.00. The summed E-state index contributed by atoms with van der Waals surface area (Å²) in [6, 6.07) is 6.20. The van der Waals surface area contributed by atoms with E-state index in [0.717, 1.165) is 22.0 Å². The molecule has 0 aliphatic rings. The van der Waals surface area contributed by atoms with Crippen LogP contribution in [0.25, 0.3) is 0 Å². The van der Waals surface area contributed by atoms with Crippen molar-refractivity contribution in [2.45, 2.75) is 37.3 Å². The van der Waals surface area contributed by atoms with Gasteiger partial charge in [0.05, 0.1) is 10.7 Å². The number of nitrogen functional groups attached to an aromatic ring is 1. The van der Waals surface area contributed by atoms with Crippen molar-refractivity contribution in [3.8, 4) is 0 Å². The molecule has 0 spiro atoms. The van der Waals surface area contributed by atoms with Crippen LogP contribution in [0.4, 0.5) is 5.69 Å². The van der Waals surface area contributed by atoms with Crippen LogP contribution in [0.15, 0.2) is 28.5 Å². The van der Waals surface area contributed by atoms with Crippen LogP contribution >= 0.6 is 23.1 Å². The van der Waals surface area contributed by atoms with Crippen molar-refractivity contribution in [2.75, 3.05) is 5.73 Å². The van der Waals surface area contributed by atoms with Gasteiger partial charge in [-0.15, -0.1) is 23.1 Å². The summed E-state index contributed by atoms with van der Waals surface area (Å²) in [5.41, 5.74) is 9.21. The molecule has 1 aromatic carbocycles. The summed E-state index contributed by atoms with van der Waals surface area (Å²) < 4.78 is 0. The van der Waals surface area contributed by atoms with Crippen LogP contribution in [0.2, 0.25) is 0 Å². The van der Waals surface area contributed by atoms with Gasteiger partial charge in [-0.2, -0.15) is 0 Å². The highest BCUT2D eigenvalue weighted by atomic mass is 32.2. The van der Waals surface area contributed by atoms with Crippen molar-refractivity contribution in [3.63, 3.8) is 0 Å². The van der Waals surface area contributed by atoms with E-state index in [1.807, 2.05) is 6.07 Å². The van der Waals surface area contributed by atoms with Gasteiger partial charge in [-0.05, 0) is 24.6 Å². The second kappa shape index (κ2) is 5.76. The van der Waals surface area contributed by atoms with Crippen molar-refractivity contribution in [3.05, 3.63) is 39.8 Å². The number of benzene rings is 1. The molecule has 0 saturated heterocycles. The van der Waals surface area contributed by atoms with Crippen LogP contribution in [0.1, 0.15) is 36.0 Å². The number of anilines is 1. The summed E-state index contributed by atoms with van der Waals surface area (Å²) in [5, 5.41) is 3.36. The topological polar surface area (TPSA) is 38.9 Å². The number of hydrogen-bond acceptors (Lipinski definition) is 4. The highest BCUT2D eigenvalue weighted by Crippen LogP contribution is 2.30. The molecule has 0 atom stereocenters. The van der Waals surface area contributed by atoms with Gasteiger partial charge in [0.1, 0.15) is 0 Å². The van der Waals surface area contributed by atoms with Gasteiger partial charge in [-0.25, -0.2) is 4.98 Å². The van der Waals surface area contributed by atoms with Gasteiger partial charge in [-0.3, -0.25) is 0 Å². The van der Waals surface area contributed by atoms with Crippen LogP contribution in [0.5, 0.6) is 0 Å². The molecule has 0 aliphatic heterocycles. The fourth-order valence-electron chi connectivity index (χ4n) is 1.61. The minimum atomic E-state index is 0.512. The highest BCUT2D eigenvalue weighted by Gasteiger charge is 2.07. The van der Waals surface area contributed by atoms with Gasteiger partial charge < -0.3 is 5.73 Å². The van der Waals surface area contributed by atoms with Crippen molar-refractivity contribution >= 4 is 28.8 Å². The number of rotatable bonds is 4. The molecule has 0 aliphatic carbocycles. The van der Waals surface area contributed by atoms with E-state index in [1.54, 1.807) is 23.1 Å². The molecule has 0 amide bonds. The molecule has 0 radical (unpaired) electrons. The van der Waals surface area contributed by atoms with E-state index in [9.17, 15) is 0 Å². The molecule has 96 valence electrons. The first kappa shape index (κ1) is 13.4. The monoisotopic (exact) mass is 278 g/mol. The molecule has 0 fully saturated rings. The zero-order valence-electron chi connectivity index (χ0n) is 10.9. The lowest BCUT2D eigenvalue weighted by molar-refractivity contribution is 0.846. The number of thiazole rings is 1. The fraction of sp³-hybridized carbons (Fsp3) is 0.357. The van der Waals surface area contributed by atoms with E-state index in [0.29, 0.717) is 5.92 Å². The molecule has 0 bridgehead atoms. The van der Waals surface area contributed by atoms with Crippen molar-refractivity contribution < 1.29 is 0 Å². The van der Waals surface area contributed by atoms with Gasteiger partial charge in [0.25, 0.3) is 0 Å². The average Bonchev–Trinajstić information content (AvgIpc) is 2.76. The lowest BCUT2D eigenvalue weighted by atomic mass is 10.2. The zero-order valence-corrected chi connectivity index (χ0v) is 12.6. The number of aryl methyl sites for hydroxylation is 1. The molecular formula is C14H18N2S2. The molecule has 2 rings (SSSR count). The summed E-state index contributed by atoms with van der Waals surface area (Å²) in [6.45, 7) is 6.40. The normalized spacial score (nSPS) is 11.1. The van der Waals surface area contributed by atoms with Gasteiger partial charge in [0, 0.05) is 27.6 Å². The smallest absolute Gasteiger partial charge is 0.0954 e. The third-order valence-electron chi connectivity index (χ3n) is 2.60. The molecule has 4 heteroatoms. The molecule has 1 aromatic heterocycles. The van der Waals surface area contributed by atoms with Crippen LogP contribution in [-0.4, -0.2) is 4.98 Å². The lowest BCUT2D eigenvalue weighted by Crippen LogP contribution is -1.91. The lowest BCUT2D eigenvalue weighted by Gasteiger charge is -2.05. The fourth-order valence-corrected chi connectivity index (χ4v) is 3.39. The zero-order chi connectivity index (χ0) is 13.1. The molecule has 0 unspecified atom stereocenters. The van der Waals surface area contributed by atoms with Crippen molar-refractivity contribution in [2.24, 2.45) is 0 Å². The Hall–Kier alpha value is -1.00. The number of nitrogens with two attached hydrogens (primary N) is 1. The molecule has 0 saturated carbocycles. The van der Waals surface area contributed by atoms with Crippen LogP contribution < -0.4 is 5.73 Å². The molecule has 2 aromatic rings. The highest BCUT2D eigenvalue weighted by molar-refractivity contribution is 7.98. The Morgan fingerprint density at radius 2 is 2.17 bits per heavy atom. The number of nitrogens with zero attached hydrogens (tertiary/aromatic N) is 1. The molecule has 18 heavy (non-hydrogen) atoms. The van der Waals surface area contributed by atoms with Crippen LogP contribution in [0, 0.1) is 6.92 Å². The largest absolute Gasteiger partial charge is 0.398 e. The molecular weight excluding hydrogens is 260 g/mol. The van der Waals surface area contributed by atoms with E-state index in [2.05, 4.69) is 43.3 Å². The van der Waals surface area contributed by atoms with E-state index >= 15 is 0 Å². The quantitative estimate of drug-likeness (QED) is 0.663. The summed E-state index contributed by atoms with van der Waals surface area (Å²) in [5.74, 6) is 1.40. The second-order valence-corrected chi connectivity index (χ2v) is 6.57. The van der Waals surface area contributed by atoms with Crippen molar-refractivity contribution in [1.29, 1.82) is 0 Å². The van der Waals surface area contributed by atoms with E-state index in [1.165, 1.54) is 10.6 Å². The minimum Gasteiger partial charge on any atom is -0.398 e. The molecule has 2 N–H and O–H groups in total. The molecule has 1 heterocycles. The van der Waals surface area contributed by atoms with Gasteiger partial charge in [0.2, 0.25) is 0 Å². The van der Waals surface area contributed by atoms with Crippen LogP contribution in [0.3, 0.4) is 0 Å². The molecule has 2 nitrogen and oxygen atoms in total. The maximum Gasteiger partial charge on any atom is 0.0954 e. The first-order valence-electron chi connectivity index (χ1n) is 5.99. The first-order valence-corrected chi connectivity index (χ1v) is 7.86. The Kier molecular flexibility index (Phi) is 4.30. The SMILES string of the molecule is Cc1ccc(SCc2csc(C(C)C)n2)c(N)c1. The van der Waals surface area contributed by atoms with E-state index < -0.39 is 0 Å². The third-order valence-corrected chi connectivity index (χ3v) is 4.92. The number of hydrogen-bond donors (Lipinski definition) is 1. The minimum absolute atomic E-state index is 0.512. The number of aromatic nitrogens is 1. The summed E-state index contributed by atoms with van der Waals surface area (Å²) >= 11 is 3.50.